The molecule has 0 bridgehead atoms. The Morgan fingerprint density at radius 3 is 3.06 bits per heavy atom. The van der Waals surface area contributed by atoms with Gasteiger partial charge >= 0.3 is 5.69 Å². The Labute approximate surface area is 105 Å². The molecule has 0 aromatic carbocycles. The second-order valence-corrected chi connectivity index (χ2v) is 4.17. The van der Waals surface area contributed by atoms with Crippen LogP contribution in [-0.2, 0) is 0 Å². The number of nitrogens with zero attached hydrogens (tertiary/aromatic N) is 2. The van der Waals surface area contributed by atoms with Crippen LogP contribution in [-0.4, -0.2) is 36.1 Å². The highest BCUT2D eigenvalue weighted by molar-refractivity contribution is 5.57. The zero-order valence-electron chi connectivity index (χ0n) is 10.2. The molecule has 7 nitrogen and oxygen atoms in total. The van der Waals surface area contributed by atoms with Crippen molar-refractivity contribution in [3.05, 3.63) is 22.2 Å². The van der Waals surface area contributed by atoms with Crippen LogP contribution in [0.2, 0.25) is 0 Å². The second kappa shape index (κ2) is 5.63. The number of rotatable bonds is 4. The van der Waals surface area contributed by atoms with E-state index in [0.29, 0.717) is 5.88 Å². The van der Waals surface area contributed by atoms with Gasteiger partial charge in [-0.3, -0.25) is 10.1 Å². The molecule has 2 rings (SSSR count). The lowest BCUT2D eigenvalue weighted by molar-refractivity contribution is -0.384. The van der Waals surface area contributed by atoms with E-state index in [1.807, 2.05) is 0 Å². The van der Waals surface area contributed by atoms with Crippen LogP contribution in [0.25, 0.3) is 0 Å². The highest BCUT2D eigenvalue weighted by Gasteiger charge is 2.20. The Balaban J connectivity index is 2.19. The zero-order chi connectivity index (χ0) is 13.0. The predicted octanol–water partition coefficient (Wildman–Crippen LogP) is 1.16. The first-order valence-corrected chi connectivity index (χ1v) is 5.87. The molecule has 1 aromatic rings. The minimum absolute atomic E-state index is 0.0265. The van der Waals surface area contributed by atoms with Crippen molar-refractivity contribution in [3.63, 3.8) is 0 Å². The number of hydrogen-bond donors (Lipinski definition) is 2. The van der Waals surface area contributed by atoms with E-state index in [4.69, 9.17) is 4.74 Å². The first kappa shape index (κ1) is 12.6. The summed E-state index contributed by atoms with van der Waals surface area (Å²) < 4.78 is 4.99. The molecule has 0 saturated carbocycles. The van der Waals surface area contributed by atoms with E-state index in [9.17, 15) is 10.1 Å². The first-order valence-electron chi connectivity index (χ1n) is 5.87. The van der Waals surface area contributed by atoms with Gasteiger partial charge in [0, 0.05) is 24.7 Å². The quantitative estimate of drug-likeness (QED) is 0.617. The number of piperidine rings is 1. The Morgan fingerprint density at radius 2 is 2.44 bits per heavy atom. The molecule has 18 heavy (non-hydrogen) atoms. The second-order valence-electron chi connectivity index (χ2n) is 4.17. The smallest absolute Gasteiger partial charge is 0.311 e. The molecule has 1 atom stereocenters. The molecule has 1 fully saturated rings. The van der Waals surface area contributed by atoms with Gasteiger partial charge in [0.2, 0.25) is 11.7 Å². The largest absolute Gasteiger partial charge is 0.481 e. The summed E-state index contributed by atoms with van der Waals surface area (Å²) >= 11 is 0. The van der Waals surface area contributed by atoms with Crippen molar-refractivity contribution in [2.24, 2.45) is 0 Å². The van der Waals surface area contributed by atoms with Crippen LogP contribution in [0.3, 0.4) is 0 Å². The van der Waals surface area contributed by atoms with Crippen molar-refractivity contribution in [2.45, 2.75) is 18.9 Å². The van der Waals surface area contributed by atoms with Gasteiger partial charge in [0.05, 0.1) is 12.0 Å². The van der Waals surface area contributed by atoms with Gasteiger partial charge in [-0.05, 0) is 19.4 Å². The zero-order valence-corrected chi connectivity index (χ0v) is 10.2. The summed E-state index contributed by atoms with van der Waals surface area (Å²) in [7, 11) is 1.49. The molecule has 98 valence electrons. The van der Waals surface area contributed by atoms with Crippen LogP contribution in [0.4, 0.5) is 11.5 Å². The summed E-state index contributed by atoms with van der Waals surface area (Å²) in [5.41, 5.74) is -0.0265. The number of aromatic nitrogens is 1. The summed E-state index contributed by atoms with van der Waals surface area (Å²) in [5.74, 6) is 0.639. The van der Waals surface area contributed by atoms with E-state index in [1.165, 1.54) is 19.2 Å². The van der Waals surface area contributed by atoms with Gasteiger partial charge < -0.3 is 15.4 Å². The predicted molar refractivity (Wildman–Crippen MR) is 67.0 cm³/mol. The van der Waals surface area contributed by atoms with Gasteiger partial charge in [-0.1, -0.05) is 0 Å². The molecule has 1 aliphatic heterocycles. The van der Waals surface area contributed by atoms with E-state index in [2.05, 4.69) is 15.6 Å². The molecule has 1 unspecified atom stereocenters. The number of methoxy groups -OCH3 is 1. The van der Waals surface area contributed by atoms with Crippen LogP contribution >= 0.6 is 0 Å². The number of nitro groups is 1. The lowest BCUT2D eigenvalue weighted by Crippen LogP contribution is -2.38. The van der Waals surface area contributed by atoms with Crippen LogP contribution in [0.15, 0.2) is 12.1 Å². The molecule has 7 heteroatoms. The van der Waals surface area contributed by atoms with Crippen molar-refractivity contribution in [1.82, 2.24) is 10.3 Å². The van der Waals surface area contributed by atoms with Crippen molar-refractivity contribution < 1.29 is 9.66 Å². The molecule has 0 radical (unpaired) electrons. The van der Waals surface area contributed by atoms with E-state index in [0.717, 1.165) is 25.9 Å². The normalized spacial score (nSPS) is 19.3. The van der Waals surface area contributed by atoms with Crippen molar-refractivity contribution in [1.29, 1.82) is 0 Å². The van der Waals surface area contributed by atoms with Crippen molar-refractivity contribution in [3.8, 4) is 5.88 Å². The third-order valence-corrected chi connectivity index (χ3v) is 2.89. The Kier molecular flexibility index (Phi) is 3.93. The number of anilines is 1. The summed E-state index contributed by atoms with van der Waals surface area (Å²) in [4.78, 5) is 14.6. The Morgan fingerprint density at radius 1 is 1.61 bits per heavy atom. The number of hydrogen-bond acceptors (Lipinski definition) is 6. The summed E-state index contributed by atoms with van der Waals surface area (Å²) in [6.07, 6.45) is 2.03. The fourth-order valence-electron chi connectivity index (χ4n) is 1.97. The summed E-state index contributed by atoms with van der Waals surface area (Å²) in [6.45, 7) is 1.78. The fourth-order valence-corrected chi connectivity index (χ4v) is 1.97. The van der Waals surface area contributed by atoms with E-state index in [-0.39, 0.29) is 17.5 Å². The first-order chi connectivity index (χ1) is 8.70. The maximum Gasteiger partial charge on any atom is 0.311 e. The van der Waals surface area contributed by atoms with Gasteiger partial charge in [0.1, 0.15) is 0 Å². The molecular formula is C11H16N4O3. The monoisotopic (exact) mass is 252 g/mol. The summed E-state index contributed by atoms with van der Waals surface area (Å²) in [5, 5.41) is 17.3. The fraction of sp³-hybridized carbons (Fsp3) is 0.545. The lowest BCUT2D eigenvalue weighted by atomic mass is 10.1. The standard InChI is InChI=1S/C11H16N4O3/c1-18-10-5-4-9(15(16)17)11(14-10)13-8-3-2-6-12-7-8/h4-5,8,12H,2-3,6-7H2,1H3,(H,13,14). The molecule has 0 amide bonds. The number of nitrogens with one attached hydrogen (secondary N) is 2. The molecule has 1 aliphatic rings. The average molecular weight is 252 g/mol. The third kappa shape index (κ3) is 2.86. The van der Waals surface area contributed by atoms with Gasteiger partial charge in [0.25, 0.3) is 0 Å². The maximum absolute atomic E-state index is 10.9. The molecule has 1 saturated heterocycles. The van der Waals surface area contributed by atoms with Crippen molar-refractivity contribution in [2.75, 3.05) is 25.5 Å². The number of pyridine rings is 1. The van der Waals surface area contributed by atoms with Crippen LogP contribution in [0, 0.1) is 10.1 Å². The Bertz CT molecular complexity index is 432. The molecule has 0 spiro atoms. The van der Waals surface area contributed by atoms with Gasteiger partial charge in [-0.2, -0.15) is 4.98 Å². The van der Waals surface area contributed by atoms with E-state index in [1.54, 1.807) is 0 Å². The highest BCUT2D eigenvalue weighted by atomic mass is 16.6. The van der Waals surface area contributed by atoms with Gasteiger partial charge in [-0.15, -0.1) is 0 Å². The summed E-state index contributed by atoms with van der Waals surface area (Å²) in [6, 6.07) is 3.06. The van der Waals surface area contributed by atoms with E-state index < -0.39 is 4.92 Å². The molecule has 2 heterocycles. The van der Waals surface area contributed by atoms with Gasteiger partial charge in [-0.25, -0.2) is 0 Å². The molecule has 0 aliphatic carbocycles. The SMILES string of the molecule is COc1ccc([N+](=O)[O-])c(NC2CCCNC2)n1. The topological polar surface area (TPSA) is 89.3 Å². The third-order valence-electron chi connectivity index (χ3n) is 2.89. The lowest BCUT2D eigenvalue weighted by Gasteiger charge is -2.24. The van der Waals surface area contributed by atoms with Crippen molar-refractivity contribution >= 4 is 11.5 Å². The highest BCUT2D eigenvalue weighted by Crippen LogP contribution is 2.26. The number of ether oxygens (including phenoxy) is 1. The minimum Gasteiger partial charge on any atom is -0.481 e. The maximum atomic E-state index is 10.9. The van der Waals surface area contributed by atoms with Crippen LogP contribution in [0.5, 0.6) is 5.88 Å². The van der Waals surface area contributed by atoms with Crippen LogP contribution < -0.4 is 15.4 Å². The molecule has 2 N–H and O–H groups in total. The minimum atomic E-state index is -0.439. The Hall–Kier alpha value is -1.89. The average Bonchev–Trinajstić information content (AvgIpc) is 2.39. The molecule has 1 aromatic heterocycles. The van der Waals surface area contributed by atoms with Gasteiger partial charge in [0.15, 0.2) is 0 Å². The van der Waals surface area contributed by atoms with Crippen LogP contribution in [0.1, 0.15) is 12.8 Å². The molecular weight excluding hydrogens is 236 g/mol. The van der Waals surface area contributed by atoms with E-state index >= 15 is 0 Å².